The van der Waals surface area contributed by atoms with Crippen molar-refractivity contribution in [3.05, 3.63) is 34.3 Å². The maximum atomic E-state index is 14.3. The van der Waals surface area contributed by atoms with Crippen LogP contribution in [0.3, 0.4) is 0 Å². The summed E-state index contributed by atoms with van der Waals surface area (Å²) in [5, 5.41) is 10.4. The highest BCUT2D eigenvalue weighted by atomic mass is 32.1. The number of benzene rings is 1. The van der Waals surface area contributed by atoms with Crippen LogP contribution in [0.4, 0.5) is 14.5 Å². The summed E-state index contributed by atoms with van der Waals surface area (Å²) >= 11 is 1.25. The zero-order valence-electron chi connectivity index (χ0n) is 11.9. The summed E-state index contributed by atoms with van der Waals surface area (Å²) in [4.78, 5) is 6.70. The number of hydrogen-bond donors (Lipinski definition) is 1. The fraction of sp³-hybridized carbons (Fsp3) is 0.400. The summed E-state index contributed by atoms with van der Waals surface area (Å²) in [5.41, 5.74) is 1.17. The molecule has 0 radical (unpaired) electrons. The van der Waals surface area contributed by atoms with Crippen LogP contribution in [0.25, 0.3) is 10.6 Å². The molecule has 1 aromatic heterocycles. The molecule has 1 heterocycles. The van der Waals surface area contributed by atoms with E-state index < -0.39 is 17.7 Å². The van der Waals surface area contributed by atoms with Gasteiger partial charge in [-0.1, -0.05) is 0 Å². The monoisotopic (exact) mass is 310 g/mol. The van der Waals surface area contributed by atoms with Gasteiger partial charge in [-0.05, 0) is 31.4 Å². The van der Waals surface area contributed by atoms with Gasteiger partial charge in [-0.15, -0.1) is 11.3 Å². The van der Waals surface area contributed by atoms with Crippen molar-refractivity contribution in [2.24, 2.45) is 0 Å². The van der Waals surface area contributed by atoms with Crippen molar-refractivity contribution in [3.63, 3.8) is 0 Å². The maximum Gasteiger partial charge on any atom is 0.182 e. The molecule has 1 atom stereocenters. The second-order valence-corrected chi connectivity index (χ2v) is 6.42. The van der Waals surface area contributed by atoms with Gasteiger partial charge in [0.05, 0.1) is 22.4 Å². The standard InChI is InChI=1S/C15H16F2N2OS/c1-19(2)10-7-6-8(12(16)13(10)17)15-18-9-4-3-5-11(20)14(9)21-15/h6-7,11,20H,3-5H2,1-2H3. The van der Waals surface area contributed by atoms with Crippen molar-refractivity contribution in [1.82, 2.24) is 4.98 Å². The van der Waals surface area contributed by atoms with Crippen LogP contribution in [0, 0.1) is 11.6 Å². The normalized spacial score (nSPS) is 17.7. The first-order chi connectivity index (χ1) is 9.99. The third kappa shape index (κ3) is 2.42. The first-order valence-electron chi connectivity index (χ1n) is 6.82. The summed E-state index contributed by atoms with van der Waals surface area (Å²) in [5.74, 6) is -1.76. The Morgan fingerprint density at radius 3 is 2.71 bits per heavy atom. The van der Waals surface area contributed by atoms with Gasteiger partial charge in [0.2, 0.25) is 0 Å². The number of aryl methyl sites for hydroxylation is 1. The maximum absolute atomic E-state index is 14.3. The molecule has 0 bridgehead atoms. The predicted octanol–water partition coefficient (Wildman–Crippen LogP) is 3.52. The molecular formula is C15H16F2N2OS. The molecule has 1 N–H and O–H groups in total. The first-order valence-corrected chi connectivity index (χ1v) is 7.64. The third-order valence-corrected chi connectivity index (χ3v) is 4.93. The van der Waals surface area contributed by atoms with E-state index in [1.807, 2.05) is 0 Å². The number of aliphatic hydroxyl groups excluding tert-OH is 1. The van der Waals surface area contributed by atoms with Crippen molar-refractivity contribution in [2.45, 2.75) is 25.4 Å². The first kappa shape index (κ1) is 14.4. The van der Waals surface area contributed by atoms with Crippen LogP contribution in [-0.4, -0.2) is 24.2 Å². The molecular weight excluding hydrogens is 294 g/mol. The topological polar surface area (TPSA) is 36.4 Å². The average Bonchev–Trinajstić information content (AvgIpc) is 2.86. The molecule has 0 saturated heterocycles. The van der Waals surface area contributed by atoms with E-state index in [2.05, 4.69) is 4.98 Å². The quantitative estimate of drug-likeness (QED) is 0.922. The van der Waals surface area contributed by atoms with E-state index in [9.17, 15) is 13.9 Å². The number of halogens is 2. The molecule has 2 aromatic rings. The van der Waals surface area contributed by atoms with Crippen molar-refractivity contribution in [3.8, 4) is 10.6 Å². The SMILES string of the molecule is CN(C)c1ccc(-c2nc3c(s2)C(O)CCC3)c(F)c1F. The van der Waals surface area contributed by atoms with Gasteiger partial charge >= 0.3 is 0 Å². The molecule has 0 aliphatic heterocycles. The van der Waals surface area contributed by atoms with Crippen LogP contribution < -0.4 is 4.90 Å². The van der Waals surface area contributed by atoms with Crippen molar-refractivity contribution in [1.29, 1.82) is 0 Å². The summed E-state index contributed by atoms with van der Waals surface area (Å²) in [7, 11) is 3.33. The Morgan fingerprint density at radius 1 is 1.29 bits per heavy atom. The molecule has 0 fully saturated rings. The molecule has 1 aliphatic rings. The molecule has 1 aromatic carbocycles. The minimum absolute atomic E-state index is 0.157. The highest BCUT2D eigenvalue weighted by molar-refractivity contribution is 7.15. The van der Waals surface area contributed by atoms with E-state index in [0.29, 0.717) is 11.4 Å². The zero-order chi connectivity index (χ0) is 15.1. The van der Waals surface area contributed by atoms with Gasteiger partial charge in [0.25, 0.3) is 0 Å². The largest absolute Gasteiger partial charge is 0.388 e. The number of hydrogen-bond acceptors (Lipinski definition) is 4. The Balaban J connectivity index is 2.07. The number of aromatic nitrogens is 1. The number of nitrogens with zero attached hydrogens (tertiary/aromatic N) is 2. The van der Waals surface area contributed by atoms with Crippen LogP contribution in [0.2, 0.25) is 0 Å². The molecule has 1 unspecified atom stereocenters. The lowest BCUT2D eigenvalue weighted by Crippen LogP contribution is -2.11. The molecule has 6 heteroatoms. The van der Waals surface area contributed by atoms with E-state index >= 15 is 0 Å². The number of thiazole rings is 1. The molecule has 0 saturated carbocycles. The lowest BCUT2D eigenvalue weighted by atomic mass is 10.0. The Morgan fingerprint density at radius 2 is 2.05 bits per heavy atom. The summed E-state index contributed by atoms with van der Waals surface area (Å²) in [6, 6.07) is 3.09. The number of fused-ring (bicyclic) bond motifs is 1. The van der Waals surface area contributed by atoms with Gasteiger partial charge in [0.1, 0.15) is 5.01 Å². The fourth-order valence-electron chi connectivity index (χ4n) is 2.56. The van der Waals surface area contributed by atoms with E-state index in [4.69, 9.17) is 0 Å². The molecule has 3 rings (SSSR count). The van der Waals surface area contributed by atoms with Crippen LogP contribution >= 0.6 is 11.3 Å². The van der Waals surface area contributed by atoms with E-state index in [0.717, 1.165) is 23.4 Å². The van der Waals surface area contributed by atoms with Gasteiger partial charge < -0.3 is 10.0 Å². The van der Waals surface area contributed by atoms with Crippen LogP contribution in [0.15, 0.2) is 12.1 Å². The summed E-state index contributed by atoms with van der Waals surface area (Å²) < 4.78 is 28.3. The van der Waals surface area contributed by atoms with Gasteiger partial charge in [-0.2, -0.15) is 0 Å². The Hall–Kier alpha value is -1.53. The second-order valence-electron chi connectivity index (χ2n) is 5.39. The van der Waals surface area contributed by atoms with Crippen molar-refractivity contribution >= 4 is 17.0 Å². The van der Waals surface area contributed by atoms with Crippen LogP contribution in [0.5, 0.6) is 0 Å². The van der Waals surface area contributed by atoms with Gasteiger partial charge in [-0.3, -0.25) is 0 Å². The smallest absolute Gasteiger partial charge is 0.182 e. The highest BCUT2D eigenvalue weighted by Gasteiger charge is 2.25. The fourth-order valence-corrected chi connectivity index (χ4v) is 3.71. The lowest BCUT2D eigenvalue weighted by molar-refractivity contribution is 0.160. The highest BCUT2D eigenvalue weighted by Crippen LogP contribution is 2.39. The zero-order valence-corrected chi connectivity index (χ0v) is 12.7. The predicted molar refractivity (Wildman–Crippen MR) is 79.7 cm³/mol. The average molecular weight is 310 g/mol. The number of rotatable bonds is 2. The van der Waals surface area contributed by atoms with Crippen LogP contribution in [0.1, 0.15) is 29.5 Å². The van der Waals surface area contributed by atoms with Crippen molar-refractivity contribution < 1.29 is 13.9 Å². The summed E-state index contributed by atoms with van der Waals surface area (Å²) in [6.45, 7) is 0. The lowest BCUT2D eigenvalue weighted by Gasteiger charge is -2.14. The molecule has 0 amide bonds. The van der Waals surface area contributed by atoms with Crippen molar-refractivity contribution in [2.75, 3.05) is 19.0 Å². The number of aliphatic hydroxyl groups is 1. The van der Waals surface area contributed by atoms with E-state index in [-0.39, 0.29) is 11.3 Å². The second kappa shape index (κ2) is 5.35. The summed E-state index contributed by atoms with van der Waals surface area (Å²) in [6.07, 6.45) is 1.82. The van der Waals surface area contributed by atoms with E-state index in [1.165, 1.54) is 16.2 Å². The molecule has 1 aliphatic carbocycles. The minimum atomic E-state index is -0.887. The Bertz CT molecular complexity index is 685. The number of anilines is 1. The molecule has 3 nitrogen and oxygen atoms in total. The Labute approximate surface area is 125 Å². The van der Waals surface area contributed by atoms with Gasteiger partial charge in [-0.25, -0.2) is 13.8 Å². The third-order valence-electron chi connectivity index (χ3n) is 3.70. The molecule has 0 spiro atoms. The van der Waals surface area contributed by atoms with Crippen LogP contribution in [-0.2, 0) is 6.42 Å². The van der Waals surface area contributed by atoms with Gasteiger partial charge in [0.15, 0.2) is 11.6 Å². The van der Waals surface area contributed by atoms with E-state index in [1.54, 1.807) is 26.2 Å². The van der Waals surface area contributed by atoms with Gasteiger partial charge in [0, 0.05) is 19.7 Å². The minimum Gasteiger partial charge on any atom is -0.388 e. The molecule has 112 valence electrons. The molecule has 21 heavy (non-hydrogen) atoms. The Kier molecular flexibility index (Phi) is 3.67.